The van der Waals surface area contributed by atoms with Crippen molar-refractivity contribution in [3.8, 4) is 11.8 Å². The van der Waals surface area contributed by atoms with Crippen LogP contribution in [0.5, 0.6) is 0 Å². The summed E-state index contributed by atoms with van der Waals surface area (Å²) in [6.07, 6.45) is 3.17. The van der Waals surface area contributed by atoms with Gasteiger partial charge in [0.2, 0.25) is 0 Å². The van der Waals surface area contributed by atoms with E-state index in [2.05, 4.69) is 30.7 Å². The first-order valence-electron chi connectivity index (χ1n) is 6.50. The lowest BCUT2D eigenvalue weighted by Gasteiger charge is -2.37. The maximum absolute atomic E-state index is 12.6. The molecular formula is C15H18N2O2S. The molecule has 1 aromatic heterocycles. The first-order chi connectivity index (χ1) is 9.53. The van der Waals surface area contributed by atoms with Crippen LogP contribution < -0.4 is 0 Å². The van der Waals surface area contributed by atoms with Crippen LogP contribution >= 0.6 is 11.8 Å². The second-order valence-electron chi connectivity index (χ2n) is 5.22. The molecule has 106 valence electrons. The summed E-state index contributed by atoms with van der Waals surface area (Å²) in [6.45, 7) is 5.55. The maximum Gasteiger partial charge on any atom is 0.255 e. The minimum absolute atomic E-state index is 0.0111. The Morgan fingerprint density at radius 3 is 3.10 bits per heavy atom. The van der Waals surface area contributed by atoms with Gasteiger partial charge in [-0.1, -0.05) is 11.8 Å². The van der Waals surface area contributed by atoms with Crippen molar-refractivity contribution in [1.29, 1.82) is 0 Å². The number of nitrogens with zero attached hydrogens (tertiary/aromatic N) is 2. The molecule has 1 fully saturated rings. The molecular weight excluding hydrogens is 272 g/mol. The molecule has 2 rings (SSSR count). The molecule has 2 heterocycles. The van der Waals surface area contributed by atoms with E-state index >= 15 is 0 Å². The second-order valence-corrected chi connectivity index (χ2v) is 7.02. The summed E-state index contributed by atoms with van der Waals surface area (Å²) in [6, 6.07) is 1.69. The molecule has 0 radical (unpaired) electrons. The third-order valence-corrected chi connectivity index (χ3v) is 4.36. The molecule has 0 bridgehead atoms. The van der Waals surface area contributed by atoms with E-state index in [1.54, 1.807) is 18.5 Å². The number of rotatable bonds is 1. The number of carbonyl (C=O) groups excluding carboxylic acids is 1. The quantitative estimate of drug-likeness (QED) is 0.794. The standard InChI is InChI=1S/C15H18N2O2S/c1-15(2)11-17(7-9-20-15)14(19)13-5-6-16-10-12(13)4-3-8-18/h5-6,10,18H,7-9,11H2,1-2H3. The van der Waals surface area contributed by atoms with Crippen molar-refractivity contribution in [2.75, 3.05) is 25.4 Å². The van der Waals surface area contributed by atoms with Crippen LogP contribution in [0.1, 0.15) is 29.8 Å². The zero-order chi connectivity index (χ0) is 14.6. The zero-order valence-electron chi connectivity index (χ0n) is 11.7. The fraction of sp³-hybridized carbons (Fsp3) is 0.467. The summed E-state index contributed by atoms with van der Waals surface area (Å²) in [5, 5.41) is 8.78. The first kappa shape index (κ1) is 14.9. The Balaban J connectivity index is 2.25. The van der Waals surface area contributed by atoms with Crippen molar-refractivity contribution in [3.63, 3.8) is 0 Å². The number of aliphatic hydroxyl groups excluding tert-OH is 1. The Kier molecular flexibility index (Phi) is 4.69. The Labute approximate surface area is 123 Å². The minimum Gasteiger partial charge on any atom is -0.384 e. The molecule has 0 saturated carbocycles. The van der Waals surface area contributed by atoms with Crippen molar-refractivity contribution in [1.82, 2.24) is 9.88 Å². The SMILES string of the molecule is CC1(C)CN(C(=O)c2ccncc2C#CCO)CCS1. The lowest BCUT2D eigenvalue weighted by molar-refractivity contribution is 0.0747. The zero-order valence-corrected chi connectivity index (χ0v) is 12.5. The average Bonchev–Trinajstić information content (AvgIpc) is 2.43. The molecule has 0 atom stereocenters. The van der Waals surface area contributed by atoms with Gasteiger partial charge < -0.3 is 10.0 Å². The predicted molar refractivity (Wildman–Crippen MR) is 80.6 cm³/mol. The summed E-state index contributed by atoms with van der Waals surface area (Å²) >= 11 is 1.89. The summed E-state index contributed by atoms with van der Waals surface area (Å²) in [4.78, 5) is 18.5. The lowest BCUT2D eigenvalue weighted by Crippen LogP contribution is -2.46. The Morgan fingerprint density at radius 2 is 2.40 bits per heavy atom. The van der Waals surface area contributed by atoms with E-state index in [4.69, 9.17) is 5.11 Å². The third-order valence-electron chi connectivity index (χ3n) is 3.07. The Morgan fingerprint density at radius 1 is 1.60 bits per heavy atom. The van der Waals surface area contributed by atoms with E-state index in [1.165, 1.54) is 0 Å². The number of pyridine rings is 1. The number of thioether (sulfide) groups is 1. The highest BCUT2D eigenvalue weighted by atomic mass is 32.2. The lowest BCUT2D eigenvalue weighted by atomic mass is 10.1. The molecule has 0 aliphatic carbocycles. The minimum atomic E-state index is -0.226. The van der Waals surface area contributed by atoms with Gasteiger partial charge in [0.25, 0.3) is 5.91 Å². The van der Waals surface area contributed by atoms with Gasteiger partial charge in [-0.2, -0.15) is 11.8 Å². The Hall–Kier alpha value is -1.51. The van der Waals surface area contributed by atoms with Gasteiger partial charge in [0.05, 0.1) is 11.1 Å². The highest BCUT2D eigenvalue weighted by Gasteiger charge is 2.30. The second kappa shape index (κ2) is 6.29. The number of aliphatic hydroxyl groups is 1. The van der Waals surface area contributed by atoms with Crippen LogP contribution in [0.3, 0.4) is 0 Å². The molecule has 1 saturated heterocycles. The van der Waals surface area contributed by atoms with E-state index in [1.807, 2.05) is 16.7 Å². The first-order valence-corrected chi connectivity index (χ1v) is 7.49. The van der Waals surface area contributed by atoms with Crippen molar-refractivity contribution in [3.05, 3.63) is 29.6 Å². The monoisotopic (exact) mass is 290 g/mol. The number of aromatic nitrogens is 1. The third kappa shape index (κ3) is 3.53. The fourth-order valence-electron chi connectivity index (χ4n) is 2.18. The molecule has 1 aliphatic rings. The van der Waals surface area contributed by atoms with Crippen LogP contribution in [0.4, 0.5) is 0 Å². The van der Waals surface area contributed by atoms with E-state index in [9.17, 15) is 4.79 Å². The molecule has 0 aromatic carbocycles. The molecule has 20 heavy (non-hydrogen) atoms. The Bertz CT molecular complexity index is 560. The van der Waals surface area contributed by atoms with E-state index in [-0.39, 0.29) is 17.3 Å². The topological polar surface area (TPSA) is 53.4 Å². The fourth-order valence-corrected chi connectivity index (χ4v) is 3.29. The maximum atomic E-state index is 12.6. The molecule has 1 amide bonds. The van der Waals surface area contributed by atoms with Crippen molar-refractivity contribution >= 4 is 17.7 Å². The summed E-state index contributed by atoms with van der Waals surface area (Å²) in [5.74, 6) is 6.29. The molecule has 4 nitrogen and oxygen atoms in total. The van der Waals surface area contributed by atoms with Gasteiger partial charge in [0, 0.05) is 36.0 Å². The average molecular weight is 290 g/mol. The predicted octanol–water partition coefficient (Wildman–Crippen LogP) is 1.39. The van der Waals surface area contributed by atoms with E-state index in [0.717, 1.165) is 18.8 Å². The van der Waals surface area contributed by atoms with Crippen LogP contribution in [0.25, 0.3) is 0 Å². The molecule has 0 unspecified atom stereocenters. The van der Waals surface area contributed by atoms with Crippen molar-refractivity contribution in [2.24, 2.45) is 0 Å². The normalized spacial score (nSPS) is 17.2. The number of carbonyl (C=O) groups is 1. The van der Waals surface area contributed by atoms with Gasteiger partial charge in [-0.05, 0) is 19.9 Å². The highest BCUT2D eigenvalue weighted by Crippen LogP contribution is 2.30. The van der Waals surface area contributed by atoms with Crippen LogP contribution in [0, 0.1) is 11.8 Å². The van der Waals surface area contributed by atoms with Gasteiger partial charge in [-0.25, -0.2) is 0 Å². The van der Waals surface area contributed by atoms with Crippen molar-refractivity contribution in [2.45, 2.75) is 18.6 Å². The molecule has 1 N–H and O–H groups in total. The van der Waals surface area contributed by atoms with E-state index < -0.39 is 0 Å². The molecule has 1 aliphatic heterocycles. The van der Waals surface area contributed by atoms with Crippen LogP contribution in [0.2, 0.25) is 0 Å². The summed E-state index contributed by atoms with van der Waals surface area (Å²) in [5.41, 5.74) is 1.13. The summed E-state index contributed by atoms with van der Waals surface area (Å²) < 4.78 is 0.0812. The molecule has 0 spiro atoms. The number of hydrogen-bond acceptors (Lipinski definition) is 4. The smallest absolute Gasteiger partial charge is 0.255 e. The summed E-state index contributed by atoms with van der Waals surface area (Å²) in [7, 11) is 0. The van der Waals surface area contributed by atoms with Crippen LogP contribution in [0.15, 0.2) is 18.5 Å². The van der Waals surface area contributed by atoms with Gasteiger partial charge in [-0.3, -0.25) is 9.78 Å². The van der Waals surface area contributed by atoms with Crippen LogP contribution in [-0.2, 0) is 0 Å². The highest BCUT2D eigenvalue weighted by molar-refractivity contribution is 8.00. The molecule has 5 heteroatoms. The van der Waals surface area contributed by atoms with Crippen molar-refractivity contribution < 1.29 is 9.90 Å². The number of amides is 1. The van der Waals surface area contributed by atoms with Gasteiger partial charge in [0.15, 0.2) is 0 Å². The van der Waals surface area contributed by atoms with Gasteiger partial charge in [0.1, 0.15) is 6.61 Å². The van der Waals surface area contributed by atoms with E-state index in [0.29, 0.717) is 11.1 Å². The molecule has 1 aromatic rings. The largest absolute Gasteiger partial charge is 0.384 e. The van der Waals surface area contributed by atoms with Gasteiger partial charge >= 0.3 is 0 Å². The number of hydrogen-bond donors (Lipinski definition) is 1. The van der Waals surface area contributed by atoms with Crippen LogP contribution in [-0.4, -0.2) is 51.1 Å². The van der Waals surface area contributed by atoms with Gasteiger partial charge in [-0.15, -0.1) is 0 Å².